The van der Waals surface area contributed by atoms with Crippen molar-refractivity contribution in [3.05, 3.63) is 35.4 Å². The highest BCUT2D eigenvalue weighted by Crippen LogP contribution is 2.37. The van der Waals surface area contributed by atoms with Crippen LogP contribution in [0.3, 0.4) is 0 Å². The molecule has 1 aromatic rings. The van der Waals surface area contributed by atoms with E-state index >= 15 is 0 Å². The van der Waals surface area contributed by atoms with Crippen molar-refractivity contribution in [2.45, 2.75) is 45.3 Å². The minimum Gasteiger partial charge on any atom is -0.378 e. The van der Waals surface area contributed by atoms with Crippen molar-refractivity contribution in [3.8, 4) is 0 Å². The second-order valence-electron chi connectivity index (χ2n) is 5.40. The summed E-state index contributed by atoms with van der Waals surface area (Å²) >= 11 is 0. The van der Waals surface area contributed by atoms with Gasteiger partial charge in [-0.1, -0.05) is 13.0 Å². The number of halogens is 2. The molecule has 2 rings (SSSR count). The lowest BCUT2D eigenvalue weighted by Crippen LogP contribution is -2.35. The fourth-order valence-electron chi connectivity index (χ4n) is 2.97. The Hall–Kier alpha value is -1.00. The van der Waals surface area contributed by atoms with Gasteiger partial charge < -0.3 is 10.1 Å². The Morgan fingerprint density at radius 2 is 1.90 bits per heavy atom. The molecule has 0 heterocycles. The molecular formula is C16H23F2NO. The number of nitrogens with one attached hydrogen (secondary N) is 1. The van der Waals surface area contributed by atoms with E-state index in [4.69, 9.17) is 4.74 Å². The van der Waals surface area contributed by atoms with Crippen LogP contribution in [0.2, 0.25) is 0 Å². The molecule has 1 N–H and O–H groups in total. The first-order valence-electron chi connectivity index (χ1n) is 7.44. The van der Waals surface area contributed by atoms with Crippen molar-refractivity contribution < 1.29 is 13.5 Å². The van der Waals surface area contributed by atoms with Gasteiger partial charge in [-0.3, -0.25) is 0 Å². The molecule has 20 heavy (non-hydrogen) atoms. The normalized spacial score (nSPS) is 23.4. The fourth-order valence-corrected chi connectivity index (χ4v) is 2.97. The van der Waals surface area contributed by atoms with Crippen molar-refractivity contribution in [3.63, 3.8) is 0 Å². The first kappa shape index (κ1) is 15.4. The van der Waals surface area contributed by atoms with Crippen LogP contribution in [0, 0.1) is 17.6 Å². The average Bonchev–Trinajstić information content (AvgIpc) is 2.36. The average molecular weight is 283 g/mol. The number of rotatable bonds is 7. The summed E-state index contributed by atoms with van der Waals surface area (Å²) in [6.45, 7) is 5.37. The molecule has 0 aliphatic heterocycles. The number of benzene rings is 1. The van der Waals surface area contributed by atoms with E-state index in [1.54, 1.807) is 0 Å². The molecule has 1 unspecified atom stereocenters. The monoisotopic (exact) mass is 283 g/mol. The zero-order valence-corrected chi connectivity index (χ0v) is 12.2. The van der Waals surface area contributed by atoms with Crippen LogP contribution in [-0.4, -0.2) is 19.3 Å². The van der Waals surface area contributed by atoms with Gasteiger partial charge in [0, 0.05) is 18.2 Å². The Bertz CT molecular complexity index is 412. The summed E-state index contributed by atoms with van der Waals surface area (Å²) in [7, 11) is 0. The number of ether oxygens (including phenoxy) is 1. The molecule has 0 aromatic heterocycles. The highest BCUT2D eigenvalue weighted by molar-refractivity contribution is 5.23. The number of hydrogen-bond acceptors (Lipinski definition) is 2. The van der Waals surface area contributed by atoms with Crippen molar-refractivity contribution in [1.29, 1.82) is 0 Å². The summed E-state index contributed by atoms with van der Waals surface area (Å²) in [5.74, 6) is -0.442. The predicted octanol–water partition coefficient (Wildman–Crippen LogP) is 3.82. The maximum absolute atomic E-state index is 13.9. The third-order valence-corrected chi connectivity index (χ3v) is 3.96. The lowest BCUT2D eigenvalue weighted by molar-refractivity contribution is -0.0292. The minimum absolute atomic E-state index is 0.175. The van der Waals surface area contributed by atoms with Crippen molar-refractivity contribution in [1.82, 2.24) is 5.32 Å². The van der Waals surface area contributed by atoms with E-state index in [9.17, 15) is 8.78 Å². The van der Waals surface area contributed by atoms with Gasteiger partial charge in [-0.25, -0.2) is 8.78 Å². The Morgan fingerprint density at radius 1 is 1.25 bits per heavy atom. The van der Waals surface area contributed by atoms with Gasteiger partial charge in [-0.15, -0.1) is 0 Å². The Morgan fingerprint density at radius 3 is 2.45 bits per heavy atom. The standard InChI is InChI=1S/C16H23F2NO/c1-3-19-15(10-11-8-12(9-11)20-4-2)16-13(17)6-5-7-14(16)18/h5-7,11-12,15,19H,3-4,8-10H2,1-2H3. The molecule has 4 heteroatoms. The van der Waals surface area contributed by atoms with Crippen LogP contribution in [0.5, 0.6) is 0 Å². The van der Waals surface area contributed by atoms with Gasteiger partial charge in [0.25, 0.3) is 0 Å². The molecule has 2 nitrogen and oxygen atoms in total. The lowest BCUT2D eigenvalue weighted by atomic mass is 9.77. The van der Waals surface area contributed by atoms with Crippen LogP contribution < -0.4 is 5.32 Å². The molecule has 112 valence electrons. The van der Waals surface area contributed by atoms with Crippen LogP contribution in [0.1, 0.15) is 44.7 Å². The van der Waals surface area contributed by atoms with Crippen LogP contribution in [0.4, 0.5) is 8.78 Å². The molecule has 1 aromatic carbocycles. The van der Waals surface area contributed by atoms with Gasteiger partial charge >= 0.3 is 0 Å². The summed E-state index contributed by atoms with van der Waals surface area (Å²) in [4.78, 5) is 0. The zero-order chi connectivity index (χ0) is 14.5. The SMILES string of the molecule is CCNC(CC1CC(OCC)C1)c1c(F)cccc1F. The van der Waals surface area contributed by atoms with Gasteiger partial charge in [0.15, 0.2) is 0 Å². The first-order chi connectivity index (χ1) is 9.65. The third-order valence-electron chi connectivity index (χ3n) is 3.96. The molecule has 0 radical (unpaired) electrons. The summed E-state index contributed by atoms with van der Waals surface area (Å²) in [6.07, 6.45) is 3.07. The molecule has 0 bridgehead atoms. The highest BCUT2D eigenvalue weighted by Gasteiger charge is 2.33. The second-order valence-corrected chi connectivity index (χ2v) is 5.40. The summed E-state index contributed by atoms with van der Waals surface area (Å²) < 4.78 is 33.3. The van der Waals surface area contributed by atoms with E-state index < -0.39 is 11.6 Å². The smallest absolute Gasteiger partial charge is 0.130 e. The Balaban J connectivity index is 2.01. The van der Waals surface area contributed by atoms with Crippen molar-refractivity contribution in [2.75, 3.05) is 13.2 Å². The molecule has 1 aliphatic rings. The summed E-state index contributed by atoms with van der Waals surface area (Å²) in [6, 6.07) is 3.80. The van der Waals surface area contributed by atoms with Crippen molar-refractivity contribution in [2.24, 2.45) is 5.92 Å². The van der Waals surface area contributed by atoms with Gasteiger partial charge in [0.05, 0.1) is 6.10 Å². The first-order valence-corrected chi connectivity index (χ1v) is 7.44. The highest BCUT2D eigenvalue weighted by atomic mass is 19.1. The van der Waals surface area contributed by atoms with E-state index in [1.807, 2.05) is 13.8 Å². The van der Waals surface area contributed by atoms with Gasteiger partial charge in [-0.05, 0) is 50.8 Å². The molecule has 0 saturated heterocycles. The minimum atomic E-state index is -0.461. The largest absolute Gasteiger partial charge is 0.378 e. The summed E-state index contributed by atoms with van der Waals surface area (Å²) in [5, 5.41) is 3.21. The van der Waals surface area contributed by atoms with E-state index in [0.717, 1.165) is 25.9 Å². The molecule has 1 aliphatic carbocycles. The van der Waals surface area contributed by atoms with E-state index in [1.165, 1.54) is 18.2 Å². The topological polar surface area (TPSA) is 21.3 Å². The lowest BCUT2D eigenvalue weighted by Gasteiger charge is -2.37. The van der Waals surface area contributed by atoms with E-state index in [-0.39, 0.29) is 11.6 Å². The molecule has 1 atom stereocenters. The molecule has 1 saturated carbocycles. The summed E-state index contributed by atoms with van der Waals surface area (Å²) in [5.41, 5.74) is 0.175. The van der Waals surface area contributed by atoms with Gasteiger partial charge in [0.1, 0.15) is 11.6 Å². The Kier molecular flexibility index (Phi) is 5.49. The predicted molar refractivity (Wildman–Crippen MR) is 75.5 cm³/mol. The van der Waals surface area contributed by atoms with Crippen LogP contribution >= 0.6 is 0 Å². The van der Waals surface area contributed by atoms with Crippen molar-refractivity contribution >= 4 is 0 Å². The van der Waals surface area contributed by atoms with Crippen LogP contribution in [-0.2, 0) is 4.74 Å². The molecule has 1 fully saturated rings. The quantitative estimate of drug-likeness (QED) is 0.821. The Labute approximate surface area is 119 Å². The van der Waals surface area contributed by atoms with E-state index in [0.29, 0.717) is 18.6 Å². The maximum atomic E-state index is 13.9. The number of hydrogen-bond donors (Lipinski definition) is 1. The third kappa shape index (κ3) is 3.55. The van der Waals surface area contributed by atoms with Gasteiger partial charge in [-0.2, -0.15) is 0 Å². The van der Waals surface area contributed by atoms with Gasteiger partial charge in [0.2, 0.25) is 0 Å². The second kappa shape index (κ2) is 7.14. The fraction of sp³-hybridized carbons (Fsp3) is 0.625. The molecule has 0 spiro atoms. The van der Waals surface area contributed by atoms with Crippen LogP contribution in [0.25, 0.3) is 0 Å². The molecule has 0 amide bonds. The van der Waals surface area contributed by atoms with E-state index in [2.05, 4.69) is 5.32 Å². The van der Waals surface area contributed by atoms with Crippen LogP contribution in [0.15, 0.2) is 18.2 Å². The maximum Gasteiger partial charge on any atom is 0.130 e. The zero-order valence-electron chi connectivity index (χ0n) is 12.2. The molecular weight excluding hydrogens is 260 g/mol.